The summed E-state index contributed by atoms with van der Waals surface area (Å²) in [4.78, 5) is 0. The first-order valence-electron chi connectivity index (χ1n) is 20.4. The molecule has 0 aromatic heterocycles. The van der Waals surface area contributed by atoms with E-state index in [0.29, 0.717) is 23.7 Å². The minimum absolute atomic E-state index is 0.145. The van der Waals surface area contributed by atoms with Gasteiger partial charge >= 0.3 is 0 Å². The van der Waals surface area contributed by atoms with E-state index in [-0.39, 0.29) is 24.3 Å². The van der Waals surface area contributed by atoms with E-state index in [2.05, 4.69) is 100 Å². The summed E-state index contributed by atoms with van der Waals surface area (Å²) in [5, 5.41) is 0. The van der Waals surface area contributed by atoms with E-state index < -0.39 is 0 Å². The first-order valence-corrected chi connectivity index (χ1v) is 20.4. The highest BCUT2D eigenvalue weighted by Crippen LogP contribution is 2.57. The predicted molar refractivity (Wildman–Crippen MR) is 214 cm³/mol. The maximum Gasteiger partial charge on any atom is 0.251 e. The van der Waals surface area contributed by atoms with E-state index in [4.69, 9.17) is 9.47 Å². The fourth-order valence-corrected chi connectivity index (χ4v) is 13.7. The molecule has 10 aliphatic rings. The third-order valence-electron chi connectivity index (χ3n) is 15.9. The summed E-state index contributed by atoms with van der Waals surface area (Å²) in [7, 11) is 0. The molecule has 0 N–H and O–H groups in total. The van der Waals surface area contributed by atoms with Crippen LogP contribution < -0.4 is 42.3 Å². The van der Waals surface area contributed by atoms with Crippen molar-refractivity contribution in [3.8, 4) is 23.0 Å². The van der Waals surface area contributed by atoms with Gasteiger partial charge < -0.3 is 9.47 Å². The number of hydrogen-bond donors (Lipinski definition) is 0. The molecule has 0 spiro atoms. The summed E-state index contributed by atoms with van der Waals surface area (Å²) >= 11 is 0. The predicted octanol–water partition coefficient (Wildman–Crippen LogP) is 7.72. The molecule has 0 amide bonds. The van der Waals surface area contributed by atoms with Gasteiger partial charge in [-0.1, -0.05) is 87.2 Å². The molecule has 0 atom stereocenters. The second kappa shape index (κ2) is 9.49. The fourth-order valence-electron chi connectivity index (χ4n) is 13.7. The number of benzene rings is 5. The van der Waals surface area contributed by atoms with E-state index in [0.717, 1.165) is 23.0 Å². The first-order chi connectivity index (χ1) is 25.3. The van der Waals surface area contributed by atoms with E-state index in [1.165, 1.54) is 95.3 Å². The molecule has 0 saturated heterocycles. The summed E-state index contributed by atoms with van der Waals surface area (Å²) in [5.74, 6) is 6.96. The van der Waals surface area contributed by atoms with E-state index in [1.54, 1.807) is 33.4 Å². The fraction of sp³-hybridized carbons (Fsp3) is 0.375. The summed E-state index contributed by atoms with van der Waals surface area (Å²) in [5.41, 5.74) is 21.1. The third kappa shape index (κ3) is 3.35. The van der Waals surface area contributed by atoms with Crippen LogP contribution in [0.3, 0.4) is 0 Å². The molecule has 0 unspecified atom stereocenters. The second-order valence-corrected chi connectivity index (χ2v) is 18.9. The van der Waals surface area contributed by atoms with Crippen LogP contribution in [-0.4, -0.2) is 13.4 Å². The van der Waals surface area contributed by atoms with Crippen molar-refractivity contribution < 1.29 is 9.47 Å². The molecule has 4 heterocycles. The average Bonchev–Trinajstić information content (AvgIpc) is 3.17. The van der Waals surface area contributed by atoms with Gasteiger partial charge in [0.2, 0.25) is 0 Å². The van der Waals surface area contributed by atoms with Gasteiger partial charge in [0.1, 0.15) is 23.0 Å². The Balaban J connectivity index is 1.14. The average molecular weight is 675 g/mol. The van der Waals surface area contributed by atoms with Gasteiger partial charge in [0.25, 0.3) is 13.4 Å². The largest absolute Gasteiger partial charge is 0.458 e. The van der Waals surface area contributed by atoms with Crippen LogP contribution in [-0.2, 0) is 10.8 Å². The second-order valence-electron chi connectivity index (χ2n) is 18.9. The molecule has 2 fully saturated rings. The number of hydrogen-bond acceptors (Lipinski definition) is 2. The molecule has 2 saturated carbocycles. The van der Waals surface area contributed by atoms with Gasteiger partial charge in [-0.3, -0.25) is 0 Å². The van der Waals surface area contributed by atoms with Crippen molar-refractivity contribution in [2.75, 3.05) is 0 Å². The van der Waals surface area contributed by atoms with E-state index >= 15 is 0 Å². The van der Waals surface area contributed by atoms with Gasteiger partial charge in [0.05, 0.1) is 0 Å². The molecule has 15 rings (SSSR count). The first kappa shape index (κ1) is 29.3. The summed E-state index contributed by atoms with van der Waals surface area (Å²) < 4.78 is 13.9. The van der Waals surface area contributed by atoms with Crippen LogP contribution in [0, 0.1) is 0 Å². The van der Waals surface area contributed by atoms with Crippen molar-refractivity contribution in [2.24, 2.45) is 0 Å². The van der Waals surface area contributed by atoms with Crippen molar-refractivity contribution in [1.29, 1.82) is 0 Å². The van der Waals surface area contributed by atoms with Crippen LogP contribution in [0.2, 0.25) is 0 Å². The molecule has 52 heavy (non-hydrogen) atoms. The number of rotatable bonds is 0. The molecule has 254 valence electrons. The van der Waals surface area contributed by atoms with Crippen LogP contribution >= 0.6 is 0 Å². The van der Waals surface area contributed by atoms with Crippen molar-refractivity contribution in [3.05, 3.63) is 117 Å². The zero-order chi connectivity index (χ0) is 34.4. The lowest BCUT2D eigenvalue weighted by Crippen LogP contribution is -2.67. The molecule has 4 heteroatoms. The highest BCUT2D eigenvalue weighted by Gasteiger charge is 2.54. The molecule has 4 aliphatic heterocycles. The summed E-state index contributed by atoms with van der Waals surface area (Å²) in [6.07, 6.45) is 10.7. The third-order valence-corrected chi connectivity index (χ3v) is 15.9. The van der Waals surface area contributed by atoms with Crippen molar-refractivity contribution >= 4 is 46.2 Å². The van der Waals surface area contributed by atoms with Crippen LogP contribution in [0.4, 0.5) is 0 Å². The van der Waals surface area contributed by atoms with E-state index in [1.807, 2.05) is 0 Å². The SMILES string of the molecule is CC1(C)c2cc3c(cc2B2c4ccccc4Oc4cc5c(c1c42)C1CCC5CC1)B1c2ccccc2Oc2cc4c(c(c21)C3(C)C)C1CCC4CC1. The van der Waals surface area contributed by atoms with Crippen LogP contribution in [0.15, 0.2) is 72.8 Å². The smallest absolute Gasteiger partial charge is 0.251 e. The molecular formula is C48H44B2O2. The minimum atomic E-state index is -0.145. The highest BCUT2D eigenvalue weighted by atomic mass is 16.5. The number of ether oxygens (including phenoxy) is 2. The lowest BCUT2D eigenvalue weighted by molar-refractivity contribution is 0.351. The lowest BCUT2D eigenvalue weighted by atomic mass is 9.26. The van der Waals surface area contributed by atoms with Crippen molar-refractivity contribution in [2.45, 2.75) is 114 Å². The molecule has 5 aromatic carbocycles. The Kier molecular flexibility index (Phi) is 5.35. The zero-order valence-electron chi connectivity index (χ0n) is 30.9. The zero-order valence-corrected chi connectivity index (χ0v) is 30.9. The Hall–Kier alpha value is -4.17. The topological polar surface area (TPSA) is 18.5 Å². The van der Waals surface area contributed by atoms with Gasteiger partial charge in [-0.25, -0.2) is 0 Å². The molecular weight excluding hydrogens is 630 g/mol. The number of fused-ring (bicyclic) bond motifs is 12. The van der Waals surface area contributed by atoms with Crippen molar-refractivity contribution in [3.63, 3.8) is 0 Å². The minimum Gasteiger partial charge on any atom is -0.458 e. The molecule has 6 aliphatic carbocycles. The Morgan fingerprint density at radius 1 is 0.462 bits per heavy atom. The van der Waals surface area contributed by atoms with Crippen LogP contribution in [0.5, 0.6) is 23.0 Å². The highest BCUT2D eigenvalue weighted by molar-refractivity contribution is 7.00. The quantitative estimate of drug-likeness (QED) is 0.154. The molecule has 5 aromatic rings. The molecule has 4 bridgehead atoms. The Labute approximate surface area is 308 Å². The Morgan fingerprint density at radius 2 is 0.865 bits per heavy atom. The monoisotopic (exact) mass is 674 g/mol. The maximum atomic E-state index is 6.97. The standard InChI is InChI=1S/C48H44B2O2/c1-47(2)31-23-32-36(24-35(31)49-33-9-5-7-11-37(33)51-39-21-29-25-13-17-27(18-14-25)41(29)43(47)45(39)49)50-34-10-6-8-12-38(34)52-40-22-30-26-15-19-28(20-16-26)42(30)44(46(40)50)48(32,3)4/h5-12,21-28H,13-20H2,1-4H3. The Bertz CT molecular complexity index is 2310. The lowest BCUT2D eigenvalue weighted by Gasteiger charge is -2.51. The Morgan fingerprint density at radius 3 is 1.31 bits per heavy atom. The van der Waals surface area contributed by atoms with Crippen LogP contribution in [0.25, 0.3) is 0 Å². The molecule has 0 radical (unpaired) electrons. The summed E-state index contributed by atoms with van der Waals surface area (Å²) in [6, 6.07) is 28.3. The van der Waals surface area contributed by atoms with Gasteiger partial charge in [0.15, 0.2) is 0 Å². The van der Waals surface area contributed by atoms with Gasteiger partial charge in [-0.05, 0) is 166 Å². The van der Waals surface area contributed by atoms with E-state index in [9.17, 15) is 0 Å². The number of para-hydroxylation sites is 2. The summed E-state index contributed by atoms with van der Waals surface area (Å²) in [6.45, 7) is 10.5. The molecule has 2 nitrogen and oxygen atoms in total. The maximum absolute atomic E-state index is 6.97. The van der Waals surface area contributed by atoms with Gasteiger partial charge in [0, 0.05) is 10.8 Å². The van der Waals surface area contributed by atoms with Gasteiger partial charge in [-0.2, -0.15) is 0 Å². The van der Waals surface area contributed by atoms with Crippen molar-refractivity contribution in [1.82, 2.24) is 0 Å². The van der Waals surface area contributed by atoms with Crippen LogP contribution in [0.1, 0.15) is 147 Å². The van der Waals surface area contributed by atoms with Gasteiger partial charge in [-0.15, -0.1) is 0 Å². The normalized spacial score (nSPS) is 26.0.